The monoisotopic (exact) mass is 165 g/mol. The molecule has 0 radical (unpaired) electrons. The predicted molar refractivity (Wildman–Crippen MR) is 39.4 cm³/mol. The van der Waals surface area contributed by atoms with Gasteiger partial charge in [0.05, 0.1) is 18.2 Å². The minimum Gasteiger partial charge on any atom is -0.481 e. The zero-order valence-electron chi connectivity index (χ0n) is 6.28. The van der Waals surface area contributed by atoms with Crippen LogP contribution in [0, 0.1) is 11.3 Å². The molecule has 4 heteroatoms. The summed E-state index contributed by atoms with van der Waals surface area (Å²) in [5.41, 5.74) is 0.413. The molecular formula is C8H7NO3. The number of furan rings is 1. The van der Waals surface area contributed by atoms with E-state index in [1.54, 1.807) is 0 Å². The summed E-state index contributed by atoms with van der Waals surface area (Å²) < 4.78 is 4.92. The van der Waals surface area contributed by atoms with Crippen molar-refractivity contribution < 1.29 is 14.3 Å². The first kappa shape index (κ1) is 8.34. The van der Waals surface area contributed by atoms with Crippen LogP contribution in [-0.4, -0.2) is 11.1 Å². The molecule has 0 unspecified atom stereocenters. The summed E-state index contributed by atoms with van der Waals surface area (Å²) in [6, 6.07) is 3.44. The highest BCUT2D eigenvalue weighted by atomic mass is 16.4. The first-order valence-electron chi connectivity index (χ1n) is 3.42. The Morgan fingerprint density at radius 2 is 2.50 bits per heavy atom. The van der Waals surface area contributed by atoms with E-state index in [0.29, 0.717) is 11.3 Å². The van der Waals surface area contributed by atoms with Gasteiger partial charge in [0.1, 0.15) is 11.8 Å². The summed E-state index contributed by atoms with van der Waals surface area (Å²) in [6.45, 7) is 0. The summed E-state index contributed by atoms with van der Waals surface area (Å²) in [5, 5.41) is 16.9. The average molecular weight is 165 g/mol. The number of nitriles is 1. The summed E-state index contributed by atoms with van der Waals surface area (Å²) >= 11 is 0. The van der Waals surface area contributed by atoms with Gasteiger partial charge in [-0.1, -0.05) is 0 Å². The Hall–Kier alpha value is -1.76. The van der Waals surface area contributed by atoms with Crippen LogP contribution in [0.15, 0.2) is 16.7 Å². The minimum atomic E-state index is -0.893. The zero-order valence-corrected chi connectivity index (χ0v) is 6.28. The summed E-state index contributed by atoms with van der Waals surface area (Å²) in [4.78, 5) is 10.2. The molecule has 0 aromatic carbocycles. The first-order valence-corrected chi connectivity index (χ1v) is 3.42. The Bertz CT molecular complexity index is 321. The van der Waals surface area contributed by atoms with Crippen LogP contribution in [0.3, 0.4) is 0 Å². The maximum Gasteiger partial charge on any atom is 0.303 e. The fraction of sp³-hybridized carbons (Fsp3) is 0.250. The molecular weight excluding hydrogens is 158 g/mol. The highest BCUT2D eigenvalue weighted by Gasteiger charge is 2.07. The van der Waals surface area contributed by atoms with E-state index < -0.39 is 5.97 Å². The van der Waals surface area contributed by atoms with Crippen molar-refractivity contribution in [1.29, 1.82) is 5.26 Å². The van der Waals surface area contributed by atoms with Gasteiger partial charge in [-0.25, -0.2) is 0 Å². The van der Waals surface area contributed by atoms with E-state index in [4.69, 9.17) is 14.8 Å². The third-order valence-electron chi connectivity index (χ3n) is 1.43. The molecule has 0 amide bonds. The molecule has 1 aromatic heterocycles. The Kier molecular flexibility index (Phi) is 2.49. The van der Waals surface area contributed by atoms with Crippen LogP contribution >= 0.6 is 0 Å². The van der Waals surface area contributed by atoms with Gasteiger partial charge in [0, 0.05) is 6.42 Å². The molecule has 0 fully saturated rings. The molecule has 0 aliphatic heterocycles. The number of aliphatic carboxylic acids is 1. The smallest absolute Gasteiger partial charge is 0.303 e. The highest BCUT2D eigenvalue weighted by Crippen LogP contribution is 2.10. The van der Waals surface area contributed by atoms with Crippen molar-refractivity contribution in [1.82, 2.24) is 0 Å². The Balaban J connectivity index is 2.64. The van der Waals surface area contributed by atoms with E-state index in [2.05, 4.69) is 0 Å². The molecule has 0 atom stereocenters. The lowest BCUT2D eigenvalue weighted by molar-refractivity contribution is -0.137. The molecule has 1 N–H and O–H groups in total. The van der Waals surface area contributed by atoms with Crippen molar-refractivity contribution in [2.75, 3.05) is 0 Å². The Morgan fingerprint density at radius 3 is 3.08 bits per heavy atom. The molecule has 0 saturated carbocycles. The van der Waals surface area contributed by atoms with Crippen molar-refractivity contribution >= 4 is 5.97 Å². The van der Waals surface area contributed by atoms with E-state index in [1.807, 2.05) is 6.07 Å². The number of hydrogen-bond donors (Lipinski definition) is 1. The van der Waals surface area contributed by atoms with Crippen LogP contribution in [0.5, 0.6) is 0 Å². The van der Waals surface area contributed by atoms with E-state index in [-0.39, 0.29) is 12.8 Å². The lowest BCUT2D eigenvalue weighted by Crippen LogP contribution is -1.97. The molecule has 0 saturated heterocycles. The van der Waals surface area contributed by atoms with Gasteiger partial charge in [0.15, 0.2) is 0 Å². The Morgan fingerprint density at radius 1 is 1.75 bits per heavy atom. The van der Waals surface area contributed by atoms with Gasteiger partial charge >= 0.3 is 5.97 Å². The van der Waals surface area contributed by atoms with Gasteiger partial charge in [0.25, 0.3) is 0 Å². The molecule has 1 aromatic rings. The van der Waals surface area contributed by atoms with Crippen LogP contribution in [-0.2, 0) is 11.2 Å². The number of carboxylic acids is 1. The third kappa shape index (κ3) is 1.86. The lowest BCUT2D eigenvalue weighted by Gasteiger charge is -1.91. The number of aryl methyl sites for hydroxylation is 1. The quantitative estimate of drug-likeness (QED) is 0.729. The summed E-state index contributed by atoms with van der Waals surface area (Å²) in [6.07, 6.45) is 1.64. The summed E-state index contributed by atoms with van der Waals surface area (Å²) in [7, 11) is 0. The van der Waals surface area contributed by atoms with Crippen LogP contribution in [0.25, 0.3) is 0 Å². The highest BCUT2D eigenvalue weighted by molar-refractivity contribution is 5.67. The maximum absolute atomic E-state index is 10.2. The van der Waals surface area contributed by atoms with Crippen molar-refractivity contribution in [2.24, 2.45) is 0 Å². The van der Waals surface area contributed by atoms with Gasteiger partial charge in [-0.05, 0) is 6.07 Å². The molecule has 12 heavy (non-hydrogen) atoms. The first-order chi connectivity index (χ1) is 5.74. The molecule has 1 heterocycles. The Labute approximate surface area is 69.0 Å². The topological polar surface area (TPSA) is 74.2 Å². The predicted octanol–water partition coefficient (Wildman–Crippen LogP) is 1.17. The number of hydrogen-bond acceptors (Lipinski definition) is 3. The molecule has 0 aliphatic carbocycles. The second-order valence-electron chi connectivity index (χ2n) is 2.26. The van der Waals surface area contributed by atoms with Crippen LogP contribution in [0.4, 0.5) is 0 Å². The van der Waals surface area contributed by atoms with Gasteiger partial charge in [0.2, 0.25) is 0 Å². The fourth-order valence-corrected chi connectivity index (χ4v) is 0.854. The van der Waals surface area contributed by atoms with Crippen molar-refractivity contribution in [3.63, 3.8) is 0 Å². The average Bonchev–Trinajstić information content (AvgIpc) is 2.47. The van der Waals surface area contributed by atoms with Crippen molar-refractivity contribution in [3.8, 4) is 6.07 Å². The number of nitrogens with zero attached hydrogens (tertiary/aromatic N) is 1. The van der Waals surface area contributed by atoms with Gasteiger partial charge < -0.3 is 9.52 Å². The second-order valence-corrected chi connectivity index (χ2v) is 2.26. The van der Waals surface area contributed by atoms with E-state index >= 15 is 0 Å². The van der Waals surface area contributed by atoms with Crippen LogP contribution in [0.2, 0.25) is 0 Å². The number of carboxylic acid groups (broad SMARTS) is 1. The second kappa shape index (κ2) is 3.58. The normalized spacial score (nSPS) is 9.25. The summed E-state index contributed by atoms with van der Waals surface area (Å²) in [5.74, 6) is -0.449. The molecule has 0 bridgehead atoms. The zero-order chi connectivity index (χ0) is 8.97. The number of rotatable bonds is 3. The SMILES string of the molecule is N#Cc1ccoc1CCC(=O)O. The van der Waals surface area contributed by atoms with E-state index in [0.717, 1.165) is 0 Å². The molecule has 4 nitrogen and oxygen atoms in total. The van der Waals surface area contributed by atoms with Crippen LogP contribution < -0.4 is 0 Å². The molecule has 62 valence electrons. The fourth-order valence-electron chi connectivity index (χ4n) is 0.854. The maximum atomic E-state index is 10.2. The molecule has 0 aliphatic rings. The van der Waals surface area contributed by atoms with Gasteiger partial charge in [-0.2, -0.15) is 5.26 Å². The molecule has 0 spiro atoms. The van der Waals surface area contributed by atoms with Gasteiger partial charge in [-0.3, -0.25) is 4.79 Å². The lowest BCUT2D eigenvalue weighted by atomic mass is 10.2. The largest absolute Gasteiger partial charge is 0.481 e. The van der Waals surface area contributed by atoms with E-state index in [9.17, 15) is 4.79 Å². The third-order valence-corrected chi connectivity index (χ3v) is 1.43. The van der Waals surface area contributed by atoms with Gasteiger partial charge in [-0.15, -0.1) is 0 Å². The van der Waals surface area contributed by atoms with E-state index in [1.165, 1.54) is 12.3 Å². The van der Waals surface area contributed by atoms with Crippen LogP contribution in [0.1, 0.15) is 17.7 Å². The number of carbonyl (C=O) groups is 1. The molecule has 1 rings (SSSR count). The standard InChI is InChI=1S/C8H7NO3/c9-5-6-3-4-12-7(6)1-2-8(10)11/h3-4H,1-2H2,(H,10,11). The van der Waals surface area contributed by atoms with Crippen molar-refractivity contribution in [3.05, 3.63) is 23.7 Å². The van der Waals surface area contributed by atoms with Crippen molar-refractivity contribution in [2.45, 2.75) is 12.8 Å². The minimum absolute atomic E-state index is 0.0117.